The Hall–Kier alpha value is -2.09. The Kier molecular flexibility index (Phi) is 7.12. The topological polar surface area (TPSA) is 73.1 Å². The van der Waals surface area contributed by atoms with Crippen LogP contribution in [0.15, 0.2) is 29.5 Å². The zero-order valence-corrected chi connectivity index (χ0v) is 12.4. The van der Waals surface area contributed by atoms with Crippen LogP contribution >= 0.6 is 0 Å². The van der Waals surface area contributed by atoms with Gasteiger partial charge in [0.05, 0.1) is 6.04 Å². The molecule has 1 aromatic rings. The van der Waals surface area contributed by atoms with Crippen LogP contribution in [-0.2, 0) is 0 Å². The summed E-state index contributed by atoms with van der Waals surface area (Å²) in [5.74, 6) is 1.20. The maximum Gasteiger partial charge on any atom is 0.209 e. The molecule has 0 aliphatic carbocycles. The lowest BCUT2D eigenvalue weighted by molar-refractivity contribution is 0.511. The van der Waals surface area contributed by atoms with Crippen LogP contribution in [0.5, 0.6) is 0 Å². The largest absolute Gasteiger partial charge is 0.325 e. The molecule has 5 nitrogen and oxygen atoms in total. The number of nitrogens with one attached hydrogen (secondary N) is 2. The van der Waals surface area contributed by atoms with Gasteiger partial charge in [-0.25, -0.2) is 4.99 Å². The third kappa shape index (κ3) is 6.74. The van der Waals surface area contributed by atoms with Gasteiger partial charge in [0.15, 0.2) is 6.19 Å². The van der Waals surface area contributed by atoms with Gasteiger partial charge < -0.3 is 5.32 Å². The third-order valence-electron chi connectivity index (χ3n) is 2.87. The lowest BCUT2D eigenvalue weighted by Crippen LogP contribution is -2.28. The van der Waals surface area contributed by atoms with E-state index in [2.05, 4.69) is 41.4 Å². The summed E-state index contributed by atoms with van der Waals surface area (Å²) < 4.78 is 0. The van der Waals surface area contributed by atoms with E-state index in [1.165, 1.54) is 6.42 Å². The van der Waals surface area contributed by atoms with Gasteiger partial charge in [-0.05, 0) is 31.4 Å². The fourth-order valence-corrected chi connectivity index (χ4v) is 1.83. The van der Waals surface area contributed by atoms with Crippen molar-refractivity contribution in [1.82, 2.24) is 10.3 Å². The van der Waals surface area contributed by atoms with E-state index < -0.39 is 0 Å². The molecule has 1 rings (SSSR count). The van der Waals surface area contributed by atoms with Crippen LogP contribution in [0.1, 0.15) is 40.0 Å². The normalized spacial score (nSPS) is 12.8. The predicted octanol–water partition coefficient (Wildman–Crippen LogP) is 3.13. The number of rotatable bonds is 6. The monoisotopic (exact) mass is 273 g/mol. The van der Waals surface area contributed by atoms with E-state index in [9.17, 15) is 0 Å². The molecular formula is C15H23N5. The first kappa shape index (κ1) is 16.0. The second-order valence-corrected chi connectivity index (χ2v) is 5.25. The van der Waals surface area contributed by atoms with Gasteiger partial charge in [0.1, 0.15) is 0 Å². The summed E-state index contributed by atoms with van der Waals surface area (Å²) >= 11 is 0. The highest BCUT2D eigenvalue weighted by Crippen LogP contribution is 2.10. The Balaban J connectivity index is 2.56. The molecule has 0 aliphatic rings. The van der Waals surface area contributed by atoms with Crippen molar-refractivity contribution in [2.75, 3.05) is 5.32 Å². The first-order valence-electron chi connectivity index (χ1n) is 7.01. The Morgan fingerprint density at radius 2 is 2.00 bits per heavy atom. The minimum atomic E-state index is 0.180. The number of aromatic nitrogens is 1. The fraction of sp³-hybridized carbons (Fsp3) is 0.533. The van der Waals surface area contributed by atoms with Crippen LogP contribution < -0.4 is 10.6 Å². The zero-order chi connectivity index (χ0) is 14.8. The molecule has 0 unspecified atom stereocenters. The summed E-state index contributed by atoms with van der Waals surface area (Å²) in [7, 11) is 0. The number of nitrogens with zero attached hydrogens (tertiary/aromatic N) is 3. The van der Waals surface area contributed by atoms with Gasteiger partial charge in [0, 0.05) is 18.1 Å². The van der Waals surface area contributed by atoms with Crippen LogP contribution in [0.3, 0.4) is 0 Å². The van der Waals surface area contributed by atoms with Gasteiger partial charge >= 0.3 is 0 Å². The zero-order valence-electron chi connectivity index (χ0n) is 12.4. The summed E-state index contributed by atoms with van der Waals surface area (Å²) in [6.07, 6.45) is 8.67. The smallest absolute Gasteiger partial charge is 0.209 e. The van der Waals surface area contributed by atoms with Crippen LogP contribution in [0.4, 0.5) is 5.69 Å². The Labute approximate surface area is 121 Å². The second kappa shape index (κ2) is 8.92. The van der Waals surface area contributed by atoms with Crippen molar-refractivity contribution in [2.24, 2.45) is 10.9 Å². The summed E-state index contributed by atoms with van der Waals surface area (Å²) in [6, 6.07) is 3.84. The molecule has 5 heteroatoms. The van der Waals surface area contributed by atoms with Crippen molar-refractivity contribution in [1.29, 1.82) is 5.26 Å². The van der Waals surface area contributed by atoms with Crippen LogP contribution in [0.2, 0.25) is 0 Å². The lowest BCUT2D eigenvalue weighted by atomic mass is 10.0. The van der Waals surface area contributed by atoms with Gasteiger partial charge in [0.25, 0.3) is 0 Å². The summed E-state index contributed by atoms with van der Waals surface area (Å²) in [4.78, 5) is 8.46. The van der Waals surface area contributed by atoms with Gasteiger partial charge in [-0.3, -0.25) is 10.3 Å². The van der Waals surface area contributed by atoms with Crippen molar-refractivity contribution in [3.05, 3.63) is 24.5 Å². The summed E-state index contributed by atoms with van der Waals surface area (Å²) in [5, 5.41) is 14.5. The SMILES string of the molecule is CC(C)CCC[C@H](C)N=C(NC#N)Nc1ccncc1. The first-order chi connectivity index (χ1) is 9.61. The molecule has 0 fully saturated rings. The van der Waals surface area contributed by atoms with E-state index in [0.29, 0.717) is 5.96 Å². The summed E-state index contributed by atoms with van der Waals surface area (Å²) in [6.45, 7) is 6.51. The summed E-state index contributed by atoms with van der Waals surface area (Å²) in [5.41, 5.74) is 0.857. The highest BCUT2D eigenvalue weighted by Gasteiger charge is 2.05. The molecule has 0 bridgehead atoms. The molecular weight excluding hydrogens is 250 g/mol. The van der Waals surface area contributed by atoms with E-state index in [1.807, 2.05) is 18.3 Å². The first-order valence-corrected chi connectivity index (χ1v) is 7.01. The lowest BCUT2D eigenvalue weighted by Gasteiger charge is -2.12. The molecule has 0 aliphatic heterocycles. The molecule has 1 atom stereocenters. The number of aliphatic imine (C=N–C) groups is 1. The molecule has 0 aromatic carbocycles. The molecule has 1 heterocycles. The van der Waals surface area contributed by atoms with Gasteiger partial charge in [-0.1, -0.05) is 26.7 Å². The van der Waals surface area contributed by atoms with Crippen LogP contribution in [0.25, 0.3) is 0 Å². The molecule has 20 heavy (non-hydrogen) atoms. The molecule has 0 radical (unpaired) electrons. The molecule has 0 spiro atoms. The number of hydrogen-bond acceptors (Lipinski definition) is 3. The quantitative estimate of drug-likeness (QED) is 0.361. The van der Waals surface area contributed by atoms with E-state index in [-0.39, 0.29) is 6.04 Å². The highest BCUT2D eigenvalue weighted by molar-refractivity contribution is 5.94. The standard InChI is InChI=1S/C15H23N5/c1-12(2)5-4-6-13(3)19-15(18-11-16)20-14-7-9-17-10-8-14/h7-10,12-13H,4-6H2,1-3H3,(H2,17,18,19,20)/t13-/m0/s1. The molecule has 0 saturated carbocycles. The maximum absolute atomic E-state index is 8.78. The van der Waals surface area contributed by atoms with E-state index in [4.69, 9.17) is 5.26 Å². The predicted molar refractivity (Wildman–Crippen MR) is 82.2 cm³/mol. The molecule has 2 N–H and O–H groups in total. The van der Waals surface area contributed by atoms with Crippen molar-refractivity contribution in [3.63, 3.8) is 0 Å². The average Bonchev–Trinajstić information content (AvgIpc) is 2.39. The minimum absolute atomic E-state index is 0.180. The second-order valence-electron chi connectivity index (χ2n) is 5.25. The number of anilines is 1. The van der Waals surface area contributed by atoms with E-state index >= 15 is 0 Å². The molecule has 0 saturated heterocycles. The van der Waals surface area contributed by atoms with Crippen molar-refractivity contribution >= 4 is 11.6 Å². The van der Waals surface area contributed by atoms with E-state index in [0.717, 1.165) is 24.4 Å². The van der Waals surface area contributed by atoms with Crippen molar-refractivity contribution < 1.29 is 0 Å². The number of hydrogen-bond donors (Lipinski definition) is 2. The van der Waals surface area contributed by atoms with Gasteiger partial charge in [-0.2, -0.15) is 5.26 Å². The molecule has 1 aromatic heterocycles. The number of guanidine groups is 1. The van der Waals surface area contributed by atoms with Crippen molar-refractivity contribution in [3.8, 4) is 6.19 Å². The number of nitriles is 1. The average molecular weight is 273 g/mol. The molecule has 0 amide bonds. The molecule has 108 valence electrons. The van der Waals surface area contributed by atoms with Gasteiger partial charge in [0.2, 0.25) is 5.96 Å². The van der Waals surface area contributed by atoms with Crippen LogP contribution in [0, 0.1) is 17.4 Å². The van der Waals surface area contributed by atoms with Crippen LogP contribution in [-0.4, -0.2) is 17.0 Å². The van der Waals surface area contributed by atoms with Crippen molar-refractivity contribution in [2.45, 2.75) is 46.1 Å². The fourth-order valence-electron chi connectivity index (χ4n) is 1.83. The maximum atomic E-state index is 8.78. The van der Waals surface area contributed by atoms with E-state index in [1.54, 1.807) is 12.4 Å². The third-order valence-corrected chi connectivity index (χ3v) is 2.87. The van der Waals surface area contributed by atoms with Gasteiger partial charge in [-0.15, -0.1) is 0 Å². The number of pyridine rings is 1. The Morgan fingerprint density at radius 1 is 1.30 bits per heavy atom. The Bertz CT molecular complexity index is 447. The Morgan fingerprint density at radius 3 is 2.60 bits per heavy atom. The minimum Gasteiger partial charge on any atom is -0.325 e. The highest BCUT2D eigenvalue weighted by atomic mass is 15.2.